The van der Waals surface area contributed by atoms with Gasteiger partial charge in [0.2, 0.25) is 5.96 Å². The molecule has 0 saturated carbocycles. The summed E-state index contributed by atoms with van der Waals surface area (Å²) >= 11 is 0. The molecule has 7 heteroatoms. The second kappa shape index (κ2) is 7.11. The highest BCUT2D eigenvalue weighted by atomic mass is 19.1. The molecule has 1 fully saturated rings. The van der Waals surface area contributed by atoms with Crippen LogP contribution in [0.25, 0.3) is 5.70 Å². The summed E-state index contributed by atoms with van der Waals surface area (Å²) in [6, 6.07) is 8.86. The van der Waals surface area contributed by atoms with Gasteiger partial charge in [-0.1, -0.05) is 12.1 Å². The van der Waals surface area contributed by atoms with Crippen LogP contribution in [-0.2, 0) is 0 Å². The van der Waals surface area contributed by atoms with Gasteiger partial charge in [-0.3, -0.25) is 0 Å². The van der Waals surface area contributed by atoms with Crippen LogP contribution >= 0.6 is 0 Å². The van der Waals surface area contributed by atoms with Crippen molar-refractivity contribution in [2.75, 3.05) is 32.0 Å². The van der Waals surface area contributed by atoms with E-state index in [1.54, 1.807) is 18.3 Å². The molecule has 6 nitrogen and oxygen atoms in total. The smallest absolute Gasteiger partial charge is 0.201 e. The van der Waals surface area contributed by atoms with E-state index in [1.807, 2.05) is 19.2 Å². The van der Waals surface area contributed by atoms with Crippen LogP contribution in [0.4, 0.5) is 10.1 Å². The summed E-state index contributed by atoms with van der Waals surface area (Å²) in [6.45, 7) is 2.45. The van der Waals surface area contributed by atoms with E-state index >= 15 is 0 Å². The SMILES string of the molecule is CN1CC=C(c2ccncn2)N=C1N1CC[C@@H](Nc2ccccc2F)C1. The molecule has 1 N–H and O–H groups in total. The Kier molecular flexibility index (Phi) is 4.51. The van der Waals surface area contributed by atoms with E-state index in [-0.39, 0.29) is 11.9 Å². The van der Waals surface area contributed by atoms with Crippen molar-refractivity contribution in [1.29, 1.82) is 0 Å². The van der Waals surface area contributed by atoms with Crippen molar-refractivity contribution in [1.82, 2.24) is 19.8 Å². The molecule has 2 aliphatic heterocycles. The average molecular weight is 352 g/mol. The normalized spacial score (nSPS) is 20.0. The standard InChI is InChI=1S/C19H21FN6/c1-25-10-8-18(17-6-9-21-13-22-17)24-19(25)26-11-7-14(12-26)23-16-5-3-2-4-15(16)20/h2-6,8-9,13-14,23H,7,10-12H2,1H3/t14-/m1/s1. The molecule has 134 valence electrons. The first kappa shape index (κ1) is 16.5. The molecule has 2 aromatic rings. The number of likely N-dealkylation sites (tertiary alicyclic amines) is 1. The largest absolute Gasteiger partial charge is 0.378 e. The number of likely N-dealkylation sites (N-methyl/N-ethyl adjacent to an activating group) is 1. The summed E-state index contributed by atoms with van der Waals surface area (Å²) < 4.78 is 13.9. The van der Waals surface area contributed by atoms with Gasteiger partial charge in [0, 0.05) is 38.9 Å². The molecule has 26 heavy (non-hydrogen) atoms. The first-order valence-corrected chi connectivity index (χ1v) is 8.73. The molecule has 0 radical (unpaired) electrons. The quantitative estimate of drug-likeness (QED) is 0.920. The van der Waals surface area contributed by atoms with Gasteiger partial charge < -0.3 is 15.1 Å². The van der Waals surface area contributed by atoms with Crippen LogP contribution < -0.4 is 5.32 Å². The van der Waals surface area contributed by atoms with Crippen LogP contribution in [0.1, 0.15) is 12.1 Å². The fraction of sp³-hybridized carbons (Fsp3) is 0.316. The molecule has 0 bridgehead atoms. The van der Waals surface area contributed by atoms with Gasteiger partial charge in [-0.25, -0.2) is 19.4 Å². The van der Waals surface area contributed by atoms with Gasteiger partial charge in [-0.05, 0) is 30.7 Å². The van der Waals surface area contributed by atoms with Crippen molar-refractivity contribution in [2.45, 2.75) is 12.5 Å². The lowest BCUT2D eigenvalue weighted by molar-refractivity contribution is 0.407. The number of hydrogen-bond acceptors (Lipinski definition) is 6. The zero-order valence-corrected chi connectivity index (χ0v) is 14.6. The second-order valence-corrected chi connectivity index (χ2v) is 6.53. The molecule has 2 aliphatic rings. The van der Waals surface area contributed by atoms with Gasteiger partial charge in [-0.15, -0.1) is 0 Å². The Balaban J connectivity index is 1.48. The summed E-state index contributed by atoms with van der Waals surface area (Å²) in [5.74, 6) is 0.714. The number of nitrogens with one attached hydrogen (secondary N) is 1. The fourth-order valence-electron chi connectivity index (χ4n) is 3.32. The van der Waals surface area contributed by atoms with E-state index in [0.717, 1.165) is 43.4 Å². The molecular weight excluding hydrogens is 331 g/mol. The van der Waals surface area contributed by atoms with Gasteiger partial charge in [-0.2, -0.15) is 0 Å². The van der Waals surface area contributed by atoms with Crippen LogP contribution in [0, 0.1) is 5.82 Å². The van der Waals surface area contributed by atoms with E-state index in [0.29, 0.717) is 5.69 Å². The topological polar surface area (TPSA) is 56.7 Å². The number of benzene rings is 1. The summed E-state index contributed by atoms with van der Waals surface area (Å²) in [6.07, 6.45) is 6.26. The molecular formula is C19H21FN6. The number of rotatable bonds is 3. The molecule has 0 aliphatic carbocycles. The first-order valence-electron chi connectivity index (χ1n) is 8.73. The molecule has 0 spiro atoms. The van der Waals surface area contributed by atoms with E-state index in [4.69, 9.17) is 4.99 Å². The molecule has 0 amide bonds. The summed E-state index contributed by atoms with van der Waals surface area (Å²) in [4.78, 5) is 17.4. The van der Waals surface area contributed by atoms with Gasteiger partial charge >= 0.3 is 0 Å². The summed E-state index contributed by atoms with van der Waals surface area (Å²) in [5.41, 5.74) is 2.25. The number of halogens is 1. The third-order valence-corrected chi connectivity index (χ3v) is 4.67. The number of nitrogens with zero attached hydrogens (tertiary/aromatic N) is 5. The van der Waals surface area contributed by atoms with Gasteiger partial charge in [0.25, 0.3) is 0 Å². The zero-order chi connectivity index (χ0) is 17.9. The molecule has 1 atom stereocenters. The maximum absolute atomic E-state index is 13.9. The number of hydrogen-bond donors (Lipinski definition) is 1. The highest BCUT2D eigenvalue weighted by molar-refractivity contribution is 5.88. The lowest BCUT2D eigenvalue weighted by Crippen LogP contribution is -2.43. The monoisotopic (exact) mass is 352 g/mol. The third-order valence-electron chi connectivity index (χ3n) is 4.67. The van der Waals surface area contributed by atoms with E-state index < -0.39 is 0 Å². The number of aromatic nitrogens is 2. The predicted molar refractivity (Wildman–Crippen MR) is 100 cm³/mol. The molecule has 4 rings (SSSR count). The minimum Gasteiger partial charge on any atom is -0.378 e. The van der Waals surface area contributed by atoms with E-state index in [2.05, 4.69) is 31.2 Å². The Morgan fingerprint density at radius 1 is 1.23 bits per heavy atom. The van der Waals surface area contributed by atoms with Crippen molar-refractivity contribution >= 4 is 17.3 Å². The highest BCUT2D eigenvalue weighted by Gasteiger charge is 2.28. The van der Waals surface area contributed by atoms with Crippen molar-refractivity contribution in [3.05, 3.63) is 60.4 Å². The highest BCUT2D eigenvalue weighted by Crippen LogP contribution is 2.23. The first-order chi connectivity index (χ1) is 12.7. The van der Waals surface area contributed by atoms with E-state index in [9.17, 15) is 4.39 Å². The molecule has 3 heterocycles. The number of aliphatic imine (C=N–C) groups is 1. The number of guanidine groups is 1. The Labute approximate surface area is 152 Å². The van der Waals surface area contributed by atoms with Crippen molar-refractivity contribution in [3.63, 3.8) is 0 Å². The Bertz CT molecular complexity index is 835. The summed E-state index contributed by atoms with van der Waals surface area (Å²) in [5, 5.41) is 3.31. The third kappa shape index (κ3) is 3.37. The van der Waals surface area contributed by atoms with Crippen LogP contribution in [0.3, 0.4) is 0 Å². The van der Waals surface area contributed by atoms with Crippen LogP contribution in [0.5, 0.6) is 0 Å². The zero-order valence-electron chi connectivity index (χ0n) is 14.6. The minimum atomic E-state index is -0.216. The van der Waals surface area contributed by atoms with E-state index in [1.165, 1.54) is 12.4 Å². The lowest BCUT2D eigenvalue weighted by atomic mass is 10.2. The van der Waals surface area contributed by atoms with Crippen molar-refractivity contribution in [3.8, 4) is 0 Å². The predicted octanol–water partition coefficient (Wildman–Crippen LogP) is 2.44. The van der Waals surface area contributed by atoms with Crippen LogP contribution in [0.2, 0.25) is 0 Å². The Morgan fingerprint density at radius 2 is 2.12 bits per heavy atom. The van der Waals surface area contributed by atoms with Gasteiger partial charge in [0.1, 0.15) is 12.1 Å². The molecule has 1 aromatic carbocycles. The van der Waals surface area contributed by atoms with Crippen LogP contribution in [0.15, 0.2) is 53.9 Å². The van der Waals surface area contributed by atoms with Crippen LogP contribution in [-0.4, -0.2) is 58.5 Å². The summed E-state index contributed by atoms with van der Waals surface area (Å²) in [7, 11) is 2.03. The minimum absolute atomic E-state index is 0.191. The van der Waals surface area contributed by atoms with Gasteiger partial charge in [0.05, 0.1) is 17.1 Å². The Hall–Kier alpha value is -2.96. The Morgan fingerprint density at radius 3 is 2.92 bits per heavy atom. The maximum Gasteiger partial charge on any atom is 0.201 e. The lowest BCUT2D eigenvalue weighted by Gasteiger charge is -2.31. The number of para-hydroxylation sites is 1. The molecule has 1 aromatic heterocycles. The van der Waals surface area contributed by atoms with Crippen molar-refractivity contribution < 1.29 is 4.39 Å². The van der Waals surface area contributed by atoms with Gasteiger partial charge in [0.15, 0.2) is 0 Å². The molecule has 1 saturated heterocycles. The average Bonchev–Trinajstić information content (AvgIpc) is 3.13. The second-order valence-electron chi connectivity index (χ2n) is 6.53. The number of anilines is 1. The van der Waals surface area contributed by atoms with Crippen molar-refractivity contribution in [2.24, 2.45) is 4.99 Å². The molecule has 0 unspecified atom stereocenters. The maximum atomic E-state index is 13.9. The fourth-order valence-corrected chi connectivity index (χ4v) is 3.32.